The van der Waals surface area contributed by atoms with E-state index in [9.17, 15) is 13.6 Å². The smallest absolute Gasteiger partial charge is 0.288 e. The Morgan fingerprint density at radius 2 is 1.61 bits per heavy atom. The summed E-state index contributed by atoms with van der Waals surface area (Å²) in [5.41, 5.74) is 1.85. The molecule has 0 amide bonds. The van der Waals surface area contributed by atoms with Gasteiger partial charge >= 0.3 is 6.43 Å². The minimum Gasteiger partial charge on any atom is -0.288 e. The van der Waals surface area contributed by atoms with E-state index in [4.69, 9.17) is 0 Å². The number of hydrogen-bond donors (Lipinski definition) is 0. The summed E-state index contributed by atoms with van der Waals surface area (Å²) < 4.78 is 25.4. The third-order valence-corrected chi connectivity index (χ3v) is 3.24. The Morgan fingerprint density at radius 1 is 1.00 bits per heavy atom. The molecule has 0 aromatic heterocycles. The van der Waals surface area contributed by atoms with Crippen molar-refractivity contribution in [2.24, 2.45) is 0 Å². The second-order valence-corrected chi connectivity index (χ2v) is 4.58. The van der Waals surface area contributed by atoms with Crippen molar-refractivity contribution >= 4 is 21.7 Å². The molecule has 0 aliphatic rings. The van der Waals surface area contributed by atoms with Crippen LogP contribution in [0.3, 0.4) is 0 Å². The zero-order valence-electron chi connectivity index (χ0n) is 9.24. The average Bonchev–Trinajstić information content (AvgIpc) is 2.38. The van der Waals surface area contributed by atoms with Crippen LogP contribution in [-0.2, 0) is 0 Å². The summed E-state index contributed by atoms with van der Waals surface area (Å²) in [7, 11) is 0. The highest BCUT2D eigenvalue weighted by Crippen LogP contribution is 2.28. The Hall–Kier alpha value is -1.55. The summed E-state index contributed by atoms with van der Waals surface area (Å²) in [6.07, 6.45) is -2.96. The van der Waals surface area contributed by atoms with E-state index in [1.807, 2.05) is 24.3 Å². The van der Waals surface area contributed by atoms with E-state index >= 15 is 0 Å². The van der Waals surface area contributed by atoms with E-state index in [0.29, 0.717) is 0 Å². The molecule has 2 rings (SSSR count). The van der Waals surface area contributed by atoms with Crippen molar-refractivity contribution in [3.05, 3.63) is 58.6 Å². The number of rotatable bonds is 3. The first kappa shape index (κ1) is 12.9. The second kappa shape index (κ2) is 5.40. The van der Waals surface area contributed by atoms with Crippen LogP contribution in [-0.4, -0.2) is 12.2 Å². The molecule has 0 saturated heterocycles. The molecular weight excluding hydrogens is 302 g/mol. The Labute approximate surface area is 112 Å². The number of halogens is 3. The van der Waals surface area contributed by atoms with Crippen LogP contribution in [0.1, 0.15) is 10.4 Å². The summed E-state index contributed by atoms with van der Waals surface area (Å²) in [6.45, 7) is 0. The topological polar surface area (TPSA) is 17.1 Å². The third kappa shape index (κ3) is 2.64. The predicted molar refractivity (Wildman–Crippen MR) is 69.9 cm³/mol. The molecule has 1 nitrogen and oxygen atoms in total. The van der Waals surface area contributed by atoms with Crippen LogP contribution in [0, 0.1) is 0 Å². The number of alkyl halides is 2. The largest absolute Gasteiger partial charge is 0.300 e. The Kier molecular flexibility index (Phi) is 3.87. The monoisotopic (exact) mass is 310 g/mol. The molecule has 92 valence electrons. The van der Waals surface area contributed by atoms with Gasteiger partial charge in [-0.15, -0.1) is 0 Å². The predicted octanol–water partition coefficient (Wildman–Crippen LogP) is 4.56. The van der Waals surface area contributed by atoms with Crippen LogP contribution < -0.4 is 0 Å². The minimum atomic E-state index is -2.96. The van der Waals surface area contributed by atoms with Crippen LogP contribution in [0.2, 0.25) is 0 Å². The molecule has 0 aliphatic carbocycles. The van der Waals surface area contributed by atoms with Crippen molar-refractivity contribution in [2.45, 2.75) is 6.43 Å². The first-order valence-corrected chi connectivity index (χ1v) is 6.06. The van der Waals surface area contributed by atoms with Crippen LogP contribution in [0.5, 0.6) is 0 Å². The standard InChI is InChI=1S/C14H9BrF2O/c15-12-4-2-1-3-11(12)9-5-7-10(8-6-9)13(18)14(16)17/h1-8,14H. The van der Waals surface area contributed by atoms with Gasteiger partial charge in [0, 0.05) is 10.0 Å². The van der Waals surface area contributed by atoms with E-state index in [2.05, 4.69) is 15.9 Å². The molecule has 2 aromatic rings. The Bertz CT molecular complexity index is 564. The van der Waals surface area contributed by atoms with Gasteiger partial charge in [0.1, 0.15) is 0 Å². The molecule has 18 heavy (non-hydrogen) atoms. The molecule has 0 fully saturated rings. The summed E-state index contributed by atoms with van der Waals surface area (Å²) in [5.74, 6) is -1.14. The van der Waals surface area contributed by atoms with Gasteiger partial charge in [0.15, 0.2) is 0 Å². The van der Waals surface area contributed by atoms with E-state index < -0.39 is 12.2 Å². The summed E-state index contributed by atoms with van der Waals surface area (Å²) in [6, 6.07) is 13.8. The Morgan fingerprint density at radius 3 is 2.17 bits per heavy atom. The number of carbonyl (C=O) groups is 1. The number of Topliss-reactive ketones (excluding diaryl/α,β-unsaturated/α-hetero) is 1. The number of ketones is 1. The quantitative estimate of drug-likeness (QED) is 0.759. The lowest BCUT2D eigenvalue weighted by atomic mass is 10.0. The molecule has 0 radical (unpaired) electrons. The molecule has 0 atom stereocenters. The molecule has 0 aliphatic heterocycles. The molecule has 0 unspecified atom stereocenters. The van der Waals surface area contributed by atoms with Gasteiger partial charge in [0.2, 0.25) is 5.78 Å². The summed E-state index contributed by atoms with van der Waals surface area (Å²) >= 11 is 3.42. The maximum atomic E-state index is 12.2. The van der Waals surface area contributed by atoms with Crippen LogP contribution in [0.4, 0.5) is 8.78 Å². The zero-order valence-corrected chi connectivity index (χ0v) is 10.8. The third-order valence-electron chi connectivity index (χ3n) is 2.55. The van der Waals surface area contributed by atoms with Gasteiger partial charge in [0.05, 0.1) is 0 Å². The lowest BCUT2D eigenvalue weighted by Crippen LogP contribution is -2.09. The van der Waals surface area contributed by atoms with Gasteiger partial charge in [-0.2, -0.15) is 0 Å². The first-order valence-electron chi connectivity index (χ1n) is 5.27. The molecular formula is C14H9BrF2O. The van der Waals surface area contributed by atoms with Crippen molar-refractivity contribution in [1.82, 2.24) is 0 Å². The maximum absolute atomic E-state index is 12.2. The first-order chi connectivity index (χ1) is 8.59. The van der Waals surface area contributed by atoms with E-state index in [1.165, 1.54) is 12.1 Å². The average molecular weight is 311 g/mol. The highest BCUT2D eigenvalue weighted by Gasteiger charge is 2.17. The van der Waals surface area contributed by atoms with Crippen LogP contribution in [0.15, 0.2) is 53.0 Å². The molecule has 0 N–H and O–H groups in total. The van der Waals surface area contributed by atoms with Crippen LogP contribution in [0.25, 0.3) is 11.1 Å². The van der Waals surface area contributed by atoms with E-state index in [1.54, 1.807) is 12.1 Å². The molecule has 2 aromatic carbocycles. The summed E-state index contributed by atoms with van der Waals surface area (Å²) in [4.78, 5) is 11.1. The minimum absolute atomic E-state index is 0.0285. The van der Waals surface area contributed by atoms with Gasteiger partial charge in [-0.3, -0.25) is 4.79 Å². The van der Waals surface area contributed by atoms with Gasteiger partial charge in [-0.25, -0.2) is 8.78 Å². The molecule has 0 spiro atoms. The van der Waals surface area contributed by atoms with Gasteiger partial charge in [-0.1, -0.05) is 58.4 Å². The number of hydrogen-bond acceptors (Lipinski definition) is 1. The fourth-order valence-corrected chi connectivity index (χ4v) is 2.15. The SMILES string of the molecule is O=C(c1ccc(-c2ccccc2Br)cc1)C(F)F. The Balaban J connectivity index is 2.34. The maximum Gasteiger partial charge on any atom is 0.300 e. The second-order valence-electron chi connectivity index (χ2n) is 3.72. The van der Waals surface area contributed by atoms with Gasteiger partial charge in [-0.05, 0) is 17.2 Å². The molecule has 0 bridgehead atoms. The lowest BCUT2D eigenvalue weighted by Gasteiger charge is -2.05. The molecule has 0 heterocycles. The van der Waals surface area contributed by atoms with Gasteiger partial charge in [0.25, 0.3) is 0 Å². The van der Waals surface area contributed by atoms with Crippen molar-refractivity contribution in [1.29, 1.82) is 0 Å². The number of carbonyl (C=O) groups excluding carboxylic acids is 1. The van der Waals surface area contributed by atoms with Crippen molar-refractivity contribution in [3.8, 4) is 11.1 Å². The van der Waals surface area contributed by atoms with Crippen LogP contribution >= 0.6 is 15.9 Å². The fraction of sp³-hybridized carbons (Fsp3) is 0.0714. The summed E-state index contributed by atoms with van der Waals surface area (Å²) in [5, 5.41) is 0. The molecule has 4 heteroatoms. The normalized spacial score (nSPS) is 10.7. The highest BCUT2D eigenvalue weighted by atomic mass is 79.9. The highest BCUT2D eigenvalue weighted by molar-refractivity contribution is 9.10. The van der Waals surface area contributed by atoms with Gasteiger partial charge < -0.3 is 0 Å². The van der Waals surface area contributed by atoms with E-state index in [-0.39, 0.29) is 5.56 Å². The molecule has 0 saturated carbocycles. The van der Waals surface area contributed by atoms with Crippen molar-refractivity contribution < 1.29 is 13.6 Å². The van der Waals surface area contributed by atoms with Crippen molar-refractivity contribution in [2.75, 3.05) is 0 Å². The van der Waals surface area contributed by atoms with E-state index in [0.717, 1.165) is 15.6 Å². The lowest BCUT2D eigenvalue weighted by molar-refractivity contribution is 0.0679. The fourth-order valence-electron chi connectivity index (χ4n) is 1.64. The zero-order chi connectivity index (χ0) is 13.1. The van der Waals surface area contributed by atoms with Crippen molar-refractivity contribution in [3.63, 3.8) is 0 Å². The number of benzene rings is 2.